The molecular formula is C14H31BN2. The van der Waals surface area contributed by atoms with Gasteiger partial charge in [0.05, 0.1) is 0 Å². The first-order valence-electron chi connectivity index (χ1n) is 7.59. The Morgan fingerprint density at radius 2 is 1.35 bits per heavy atom. The highest BCUT2D eigenvalue weighted by Crippen LogP contribution is 2.10. The highest BCUT2D eigenvalue weighted by atomic mass is 15.2. The SMILES string of the molecule is CCCCCCCCCCC[N+](C)(C)[BH2-]C#N. The number of nitriles is 1. The normalized spacial score (nSPS) is 11.4. The molecule has 0 aromatic heterocycles. The van der Waals surface area contributed by atoms with Crippen molar-refractivity contribution in [3.05, 3.63) is 0 Å². The molecule has 0 atom stereocenters. The quantitative estimate of drug-likeness (QED) is 0.400. The second-order valence-corrected chi connectivity index (χ2v) is 6.29. The van der Waals surface area contributed by atoms with E-state index in [-0.39, 0.29) is 0 Å². The fourth-order valence-electron chi connectivity index (χ4n) is 2.28. The Bertz CT molecular complexity index is 209. The Balaban J connectivity index is 3.21. The van der Waals surface area contributed by atoms with E-state index in [1.807, 2.05) is 0 Å². The van der Waals surface area contributed by atoms with E-state index in [9.17, 15) is 0 Å². The summed E-state index contributed by atoms with van der Waals surface area (Å²) in [5.41, 5.74) is 0. The van der Waals surface area contributed by atoms with Crippen LogP contribution in [0.2, 0.25) is 0 Å². The van der Waals surface area contributed by atoms with Crippen molar-refractivity contribution in [3.63, 3.8) is 0 Å². The molecule has 0 aromatic rings. The third-order valence-electron chi connectivity index (χ3n) is 3.64. The van der Waals surface area contributed by atoms with Crippen molar-refractivity contribution < 1.29 is 4.39 Å². The molecule has 0 heterocycles. The van der Waals surface area contributed by atoms with Gasteiger partial charge in [-0.2, -0.15) is 0 Å². The van der Waals surface area contributed by atoms with Gasteiger partial charge in [0, 0.05) is 20.6 Å². The van der Waals surface area contributed by atoms with E-state index in [0.29, 0.717) is 0 Å². The van der Waals surface area contributed by atoms with Gasteiger partial charge in [0.15, 0.2) is 0 Å². The number of quaternary nitrogens is 1. The van der Waals surface area contributed by atoms with Crippen molar-refractivity contribution in [2.24, 2.45) is 0 Å². The standard InChI is InChI=1S/C14H31BN2/c1-4-5-6-7-8-9-10-11-12-13-17(2,3)15-14-16/h4-13,15H2,1-3H3. The maximum absolute atomic E-state index is 8.74. The minimum Gasteiger partial charge on any atom is -0.513 e. The first-order valence-corrected chi connectivity index (χ1v) is 7.59. The van der Waals surface area contributed by atoms with E-state index < -0.39 is 7.41 Å². The third kappa shape index (κ3) is 11.8. The van der Waals surface area contributed by atoms with Crippen LogP contribution < -0.4 is 0 Å². The first kappa shape index (κ1) is 16.5. The molecule has 0 saturated heterocycles. The van der Waals surface area contributed by atoms with Crippen LogP contribution >= 0.6 is 0 Å². The summed E-state index contributed by atoms with van der Waals surface area (Å²) in [6, 6.07) is 0. The lowest BCUT2D eigenvalue weighted by Crippen LogP contribution is -2.43. The van der Waals surface area contributed by atoms with Gasteiger partial charge in [-0.05, 0) is 12.8 Å². The van der Waals surface area contributed by atoms with Crippen LogP contribution in [0.3, 0.4) is 0 Å². The molecule has 0 aliphatic carbocycles. The monoisotopic (exact) mass is 238 g/mol. The summed E-state index contributed by atoms with van der Waals surface area (Å²) < 4.78 is 0.979. The Morgan fingerprint density at radius 3 is 1.82 bits per heavy atom. The lowest BCUT2D eigenvalue weighted by Gasteiger charge is -2.36. The van der Waals surface area contributed by atoms with E-state index >= 15 is 0 Å². The average Bonchev–Trinajstić information content (AvgIpc) is 2.27. The average molecular weight is 238 g/mol. The van der Waals surface area contributed by atoms with Gasteiger partial charge in [-0.25, -0.2) is 5.26 Å². The molecule has 0 aliphatic heterocycles. The van der Waals surface area contributed by atoms with Gasteiger partial charge in [0.25, 0.3) is 7.41 Å². The van der Waals surface area contributed by atoms with Crippen molar-refractivity contribution in [1.82, 2.24) is 0 Å². The number of hydrogen-bond donors (Lipinski definition) is 0. The predicted octanol–water partition coefficient (Wildman–Crippen LogP) is 3.16. The van der Waals surface area contributed by atoms with Crippen LogP contribution in [-0.4, -0.2) is 32.4 Å². The molecular weight excluding hydrogens is 207 g/mol. The lowest BCUT2D eigenvalue weighted by molar-refractivity contribution is -0.777. The number of unbranched alkanes of at least 4 members (excludes halogenated alkanes) is 8. The molecule has 0 radical (unpaired) electrons. The highest BCUT2D eigenvalue weighted by Gasteiger charge is 2.06. The molecule has 0 unspecified atom stereocenters. The topological polar surface area (TPSA) is 23.8 Å². The summed E-state index contributed by atoms with van der Waals surface area (Å²) in [5, 5.41) is 8.74. The van der Waals surface area contributed by atoms with Crippen LogP contribution in [0.5, 0.6) is 0 Å². The second kappa shape index (κ2) is 10.7. The fourth-order valence-corrected chi connectivity index (χ4v) is 2.28. The Morgan fingerprint density at radius 1 is 0.882 bits per heavy atom. The van der Waals surface area contributed by atoms with Crippen LogP contribution in [0, 0.1) is 11.2 Å². The largest absolute Gasteiger partial charge is 0.513 e. The summed E-state index contributed by atoms with van der Waals surface area (Å²) >= 11 is 0. The summed E-state index contributed by atoms with van der Waals surface area (Å²) in [5.74, 6) is 2.39. The molecule has 0 fully saturated rings. The van der Waals surface area contributed by atoms with Crippen molar-refractivity contribution in [2.75, 3.05) is 20.6 Å². The first-order chi connectivity index (χ1) is 8.12. The zero-order valence-corrected chi connectivity index (χ0v) is 12.5. The minimum atomic E-state index is -0.441. The zero-order chi connectivity index (χ0) is 13.0. The van der Waals surface area contributed by atoms with Crippen LogP contribution in [0.1, 0.15) is 64.7 Å². The summed E-state index contributed by atoms with van der Waals surface area (Å²) in [7, 11) is 3.96. The van der Waals surface area contributed by atoms with Crippen molar-refractivity contribution in [2.45, 2.75) is 64.7 Å². The maximum Gasteiger partial charge on any atom is 0.281 e. The van der Waals surface area contributed by atoms with Crippen LogP contribution in [0.15, 0.2) is 0 Å². The molecule has 0 aromatic carbocycles. The summed E-state index contributed by atoms with van der Waals surface area (Å²) in [6.45, 7) is 3.47. The van der Waals surface area contributed by atoms with E-state index in [0.717, 1.165) is 4.39 Å². The molecule has 3 heteroatoms. The van der Waals surface area contributed by atoms with Gasteiger partial charge in [0.1, 0.15) is 0 Å². The molecule has 0 saturated carbocycles. The molecule has 0 rings (SSSR count). The second-order valence-electron chi connectivity index (χ2n) is 6.29. The van der Waals surface area contributed by atoms with Gasteiger partial charge < -0.3 is 4.39 Å². The van der Waals surface area contributed by atoms with Gasteiger partial charge in [-0.3, -0.25) is 0 Å². The van der Waals surface area contributed by atoms with E-state index in [4.69, 9.17) is 5.26 Å². The molecule has 0 aliphatic rings. The summed E-state index contributed by atoms with van der Waals surface area (Å²) in [4.78, 5) is 0. The third-order valence-corrected chi connectivity index (χ3v) is 3.64. The summed E-state index contributed by atoms with van der Waals surface area (Å²) in [6.07, 6.45) is 12.5. The van der Waals surface area contributed by atoms with Gasteiger partial charge in [0.2, 0.25) is 0 Å². The van der Waals surface area contributed by atoms with Crippen molar-refractivity contribution in [3.8, 4) is 5.97 Å². The highest BCUT2D eigenvalue weighted by molar-refractivity contribution is 6.36. The van der Waals surface area contributed by atoms with E-state index in [2.05, 4.69) is 27.0 Å². The number of hydrogen-bond acceptors (Lipinski definition) is 1. The Labute approximate surface area is 109 Å². The van der Waals surface area contributed by atoms with Crippen LogP contribution in [0.4, 0.5) is 0 Å². The molecule has 2 nitrogen and oxygen atoms in total. The lowest BCUT2D eigenvalue weighted by atomic mass is 9.91. The van der Waals surface area contributed by atoms with Gasteiger partial charge in [-0.1, -0.05) is 57.8 Å². The molecule has 17 heavy (non-hydrogen) atoms. The fraction of sp³-hybridized carbons (Fsp3) is 0.929. The molecule has 0 bridgehead atoms. The van der Waals surface area contributed by atoms with Crippen molar-refractivity contribution >= 4 is 7.41 Å². The Kier molecular flexibility index (Phi) is 10.4. The molecule has 0 amide bonds. The van der Waals surface area contributed by atoms with E-state index in [1.54, 1.807) is 0 Å². The molecule has 0 spiro atoms. The smallest absolute Gasteiger partial charge is 0.281 e. The van der Waals surface area contributed by atoms with Crippen LogP contribution in [0.25, 0.3) is 0 Å². The van der Waals surface area contributed by atoms with Gasteiger partial charge in [-0.15, -0.1) is 0 Å². The van der Waals surface area contributed by atoms with Crippen LogP contribution in [-0.2, 0) is 0 Å². The molecule has 100 valence electrons. The predicted molar refractivity (Wildman–Crippen MR) is 78.4 cm³/mol. The minimum absolute atomic E-state index is 0.441. The van der Waals surface area contributed by atoms with E-state index in [1.165, 1.54) is 64.3 Å². The van der Waals surface area contributed by atoms with Gasteiger partial charge >= 0.3 is 0 Å². The maximum atomic E-state index is 8.74. The molecule has 0 N–H and O–H groups in total. The Hall–Kier alpha value is -0.485. The number of rotatable bonds is 11. The number of nitrogens with zero attached hydrogens (tertiary/aromatic N) is 2. The zero-order valence-electron chi connectivity index (χ0n) is 12.5. The van der Waals surface area contributed by atoms with Crippen molar-refractivity contribution in [1.29, 1.82) is 5.26 Å².